The van der Waals surface area contributed by atoms with Crippen molar-refractivity contribution >= 4 is 15.9 Å². The fraction of sp³-hybridized carbons (Fsp3) is 1.00. The molecule has 1 saturated heterocycles. The first kappa shape index (κ1) is 9.97. The lowest BCUT2D eigenvalue weighted by Crippen LogP contribution is -2.20. The second-order valence-corrected chi connectivity index (χ2v) is 5.80. The van der Waals surface area contributed by atoms with Crippen molar-refractivity contribution in [2.24, 2.45) is 5.92 Å². The first-order valence-corrected chi connectivity index (χ1v) is 6.52. The molecule has 0 aromatic carbocycles. The van der Waals surface area contributed by atoms with E-state index in [9.17, 15) is 0 Å². The third kappa shape index (κ3) is 2.95. The lowest BCUT2D eigenvalue weighted by Gasteiger charge is -2.27. The lowest BCUT2D eigenvalue weighted by molar-refractivity contribution is 0.0838. The first-order chi connectivity index (χ1) is 6.34. The highest BCUT2D eigenvalue weighted by Crippen LogP contribution is 2.33. The average molecular weight is 247 g/mol. The molecular weight excluding hydrogens is 228 g/mol. The van der Waals surface area contributed by atoms with Crippen molar-refractivity contribution in [2.45, 2.75) is 55.9 Å². The van der Waals surface area contributed by atoms with E-state index >= 15 is 0 Å². The number of ether oxygens (including phenoxy) is 1. The molecule has 0 aromatic heterocycles. The van der Waals surface area contributed by atoms with E-state index in [4.69, 9.17) is 4.74 Å². The normalized spacial score (nSPS) is 40.8. The molecule has 1 saturated carbocycles. The van der Waals surface area contributed by atoms with Gasteiger partial charge in [0.2, 0.25) is 0 Å². The van der Waals surface area contributed by atoms with Gasteiger partial charge in [-0.1, -0.05) is 28.8 Å². The standard InChI is InChI=1S/C11H19BrO/c12-10-4-1-3-9(7-10)8-11-5-2-6-13-11/h9-11H,1-8H2. The van der Waals surface area contributed by atoms with Gasteiger partial charge < -0.3 is 4.74 Å². The third-order valence-electron chi connectivity index (χ3n) is 3.34. The van der Waals surface area contributed by atoms with Crippen molar-refractivity contribution in [3.63, 3.8) is 0 Å². The van der Waals surface area contributed by atoms with Crippen molar-refractivity contribution in [3.8, 4) is 0 Å². The van der Waals surface area contributed by atoms with E-state index in [1.165, 1.54) is 44.9 Å². The van der Waals surface area contributed by atoms with Crippen LogP contribution in [0.4, 0.5) is 0 Å². The average Bonchev–Trinajstić information content (AvgIpc) is 2.57. The Bertz CT molecular complexity index is 154. The maximum absolute atomic E-state index is 5.68. The molecule has 0 spiro atoms. The molecule has 2 aliphatic rings. The van der Waals surface area contributed by atoms with Crippen molar-refractivity contribution in [1.82, 2.24) is 0 Å². The van der Waals surface area contributed by atoms with Gasteiger partial charge >= 0.3 is 0 Å². The summed E-state index contributed by atoms with van der Waals surface area (Å²) in [5.41, 5.74) is 0. The van der Waals surface area contributed by atoms with Crippen molar-refractivity contribution in [1.29, 1.82) is 0 Å². The molecule has 1 aliphatic carbocycles. The van der Waals surface area contributed by atoms with Crippen LogP contribution >= 0.6 is 15.9 Å². The fourth-order valence-corrected chi connectivity index (χ4v) is 3.49. The molecule has 0 N–H and O–H groups in total. The molecule has 0 aromatic rings. The molecule has 2 heteroatoms. The molecule has 0 bridgehead atoms. The molecule has 0 amide bonds. The number of halogens is 1. The monoisotopic (exact) mass is 246 g/mol. The first-order valence-electron chi connectivity index (χ1n) is 5.60. The van der Waals surface area contributed by atoms with Crippen LogP contribution < -0.4 is 0 Å². The van der Waals surface area contributed by atoms with Crippen LogP contribution in [0.1, 0.15) is 44.9 Å². The smallest absolute Gasteiger partial charge is 0.0578 e. The Kier molecular flexibility index (Phi) is 3.67. The maximum Gasteiger partial charge on any atom is 0.0578 e. The van der Waals surface area contributed by atoms with Gasteiger partial charge in [-0.2, -0.15) is 0 Å². The Labute approximate surface area is 89.4 Å². The highest BCUT2D eigenvalue weighted by atomic mass is 79.9. The predicted octanol–water partition coefficient (Wildman–Crippen LogP) is 3.51. The summed E-state index contributed by atoms with van der Waals surface area (Å²) in [7, 11) is 0. The summed E-state index contributed by atoms with van der Waals surface area (Å²) in [4.78, 5) is 0.785. The molecule has 1 aliphatic heterocycles. The van der Waals surface area contributed by atoms with Gasteiger partial charge in [0, 0.05) is 11.4 Å². The molecule has 3 atom stereocenters. The second kappa shape index (κ2) is 4.79. The summed E-state index contributed by atoms with van der Waals surface area (Å²) < 4.78 is 5.68. The maximum atomic E-state index is 5.68. The molecule has 1 heterocycles. The molecular formula is C11H19BrO. The van der Waals surface area contributed by atoms with Gasteiger partial charge in [0.15, 0.2) is 0 Å². The Balaban J connectivity index is 1.73. The minimum Gasteiger partial charge on any atom is -0.378 e. The van der Waals surface area contributed by atoms with Gasteiger partial charge in [-0.3, -0.25) is 0 Å². The molecule has 2 fully saturated rings. The van der Waals surface area contributed by atoms with E-state index in [1.54, 1.807) is 0 Å². The summed E-state index contributed by atoms with van der Waals surface area (Å²) in [5.74, 6) is 0.932. The summed E-state index contributed by atoms with van der Waals surface area (Å²) >= 11 is 3.74. The summed E-state index contributed by atoms with van der Waals surface area (Å²) in [6, 6.07) is 0. The molecule has 0 radical (unpaired) electrons. The Morgan fingerprint density at radius 3 is 2.77 bits per heavy atom. The van der Waals surface area contributed by atoms with Crippen LogP contribution in [0.2, 0.25) is 0 Å². The van der Waals surface area contributed by atoms with Crippen molar-refractivity contribution < 1.29 is 4.74 Å². The predicted molar refractivity (Wildman–Crippen MR) is 58.3 cm³/mol. The van der Waals surface area contributed by atoms with Crippen LogP contribution in [-0.2, 0) is 4.74 Å². The second-order valence-electron chi connectivity index (χ2n) is 4.50. The van der Waals surface area contributed by atoms with Crippen molar-refractivity contribution in [3.05, 3.63) is 0 Å². The van der Waals surface area contributed by atoms with Crippen LogP contribution in [-0.4, -0.2) is 17.5 Å². The summed E-state index contributed by atoms with van der Waals surface area (Å²) in [6.07, 6.45) is 10.1. The Hall–Kier alpha value is 0.440. The molecule has 2 rings (SSSR count). The van der Waals surface area contributed by atoms with Gasteiger partial charge in [0.1, 0.15) is 0 Å². The topological polar surface area (TPSA) is 9.23 Å². The van der Waals surface area contributed by atoms with Crippen LogP contribution in [0, 0.1) is 5.92 Å². The quantitative estimate of drug-likeness (QED) is 0.678. The zero-order valence-electron chi connectivity index (χ0n) is 8.18. The van der Waals surface area contributed by atoms with Crippen LogP contribution in [0.15, 0.2) is 0 Å². The third-order valence-corrected chi connectivity index (χ3v) is 4.17. The van der Waals surface area contributed by atoms with Crippen molar-refractivity contribution in [2.75, 3.05) is 6.61 Å². The minimum absolute atomic E-state index is 0.600. The van der Waals surface area contributed by atoms with Crippen LogP contribution in [0.25, 0.3) is 0 Å². The largest absolute Gasteiger partial charge is 0.378 e. The van der Waals surface area contributed by atoms with Gasteiger partial charge in [0.05, 0.1) is 6.10 Å². The summed E-state index contributed by atoms with van der Waals surface area (Å²) in [5, 5.41) is 0. The molecule has 13 heavy (non-hydrogen) atoms. The highest BCUT2D eigenvalue weighted by molar-refractivity contribution is 9.09. The van der Waals surface area contributed by atoms with E-state index in [0.717, 1.165) is 17.4 Å². The van der Waals surface area contributed by atoms with Gasteiger partial charge in [-0.25, -0.2) is 0 Å². The fourth-order valence-electron chi connectivity index (χ4n) is 2.64. The number of alkyl halides is 1. The Morgan fingerprint density at radius 2 is 2.08 bits per heavy atom. The zero-order chi connectivity index (χ0) is 9.10. The van der Waals surface area contributed by atoms with E-state index in [-0.39, 0.29) is 0 Å². The van der Waals surface area contributed by atoms with E-state index in [0.29, 0.717) is 6.10 Å². The number of hydrogen-bond acceptors (Lipinski definition) is 1. The van der Waals surface area contributed by atoms with Gasteiger partial charge in [-0.05, 0) is 38.0 Å². The van der Waals surface area contributed by atoms with Crippen LogP contribution in [0.5, 0.6) is 0 Å². The zero-order valence-corrected chi connectivity index (χ0v) is 9.76. The molecule has 1 nitrogen and oxygen atoms in total. The Morgan fingerprint density at radius 1 is 1.15 bits per heavy atom. The number of hydrogen-bond donors (Lipinski definition) is 0. The minimum atomic E-state index is 0.600. The van der Waals surface area contributed by atoms with E-state index < -0.39 is 0 Å². The molecule has 3 unspecified atom stereocenters. The van der Waals surface area contributed by atoms with Gasteiger partial charge in [-0.15, -0.1) is 0 Å². The summed E-state index contributed by atoms with van der Waals surface area (Å²) in [6.45, 7) is 1.01. The lowest BCUT2D eigenvalue weighted by atomic mass is 9.85. The van der Waals surface area contributed by atoms with Crippen LogP contribution in [0.3, 0.4) is 0 Å². The van der Waals surface area contributed by atoms with E-state index in [1.807, 2.05) is 0 Å². The molecule has 76 valence electrons. The van der Waals surface area contributed by atoms with E-state index in [2.05, 4.69) is 15.9 Å². The van der Waals surface area contributed by atoms with Gasteiger partial charge in [0.25, 0.3) is 0 Å². The number of rotatable bonds is 2. The SMILES string of the molecule is BrC1CCCC(CC2CCCO2)C1. The highest BCUT2D eigenvalue weighted by Gasteiger charge is 2.25.